The largest absolute Gasteiger partial charge is 0.489 e. The second-order valence-electron chi connectivity index (χ2n) is 4.56. The SMILES string of the molecule is Cc1ccc([S+](C)c2c(O)n3nccc3[nH]c2=O)cc1. The van der Waals surface area contributed by atoms with Gasteiger partial charge in [-0.25, -0.2) is 0 Å². The fraction of sp³-hybridized carbons (Fsp3) is 0.143. The van der Waals surface area contributed by atoms with Crippen LogP contribution >= 0.6 is 0 Å². The van der Waals surface area contributed by atoms with Crippen molar-refractivity contribution in [1.82, 2.24) is 14.6 Å². The average Bonchev–Trinajstić information content (AvgIpc) is 2.87. The molecule has 102 valence electrons. The number of hydrogen-bond acceptors (Lipinski definition) is 3. The van der Waals surface area contributed by atoms with Gasteiger partial charge in [0.2, 0.25) is 0 Å². The zero-order chi connectivity index (χ0) is 14.3. The van der Waals surface area contributed by atoms with Gasteiger partial charge in [-0.15, -0.1) is 0 Å². The van der Waals surface area contributed by atoms with Crippen LogP contribution in [0.1, 0.15) is 5.56 Å². The molecule has 0 radical (unpaired) electrons. The lowest BCUT2D eigenvalue weighted by Crippen LogP contribution is -2.19. The smallest absolute Gasteiger partial charge is 0.311 e. The maximum absolute atomic E-state index is 12.2. The van der Waals surface area contributed by atoms with Gasteiger partial charge < -0.3 is 10.1 Å². The molecule has 0 spiro atoms. The van der Waals surface area contributed by atoms with Gasteiger partial charge in [0, 0.05) is 6.07 Å². The Labute approximate surface area is 118 Å². The molecule has 1 atom stereocenters. The minimum absolute atomic E-state index is 0.0971. The molecular weight excluding hydrogens is 274 g/mol. The molecule has 3 rings (SSSR count). The Morgan fingerprint density at radius 3 is 2.65 bits per heavy atom. The highest BCUT2D eigenvalue weighted by Crippen LogP contribution is 2.25. The Morgan fingerprint density at radius 1 is 1.25 bits per heavy atom. The van der Waals surface area contributed by atoms with E-state index in [9.17, 15) is 9.90 Å². The highest BCUT2D eigenvalue weighted by atomic mass is 32.2. The van der Waals surface area contributed by atoms with Gasteiger partial charge >= 0.3 is 5.56 Å². The molecule has 6 heteroatoms. The Hall–Kier alpha value is -2.21. The highest BCUT2D eigenvalue weighted by molar-refractivity contribution is 7.96. The summed E-state index contributed by atoms with van der Waals surface area (Å²) in [6.07, 6.45) is 3.46. The third-order valence-corrected chi connectivity index (χ3v) is 5.13. The van der Waals surface area contributed by atoms with Gasteiger partial charge in [-0.3, -0.25) is 4.79 Å². The van der Waals surface area contributed by atoms with E-state index < -0.39 is 10.9 Å². The van der Waals surface area contributed by atoms with Crippen LogP contribution in [0, 0.1) is 6.92 Å². The van der Waals surface area contributed by atoms with Crippen LogP contribution in [-0.2, 0) is 10.9 Å². The first-order chi connectivity index (χ1) is 9.58. The third-order valence-electron chi connectivity index (χ3n) is 3.17. The summed E-state index contributed by atoms with van der Waals surface area (Å²) in [5.74, 6) is -0.0971. The summed E-state index contributed by atoms with van der Waals surface area (Å²) >= 11 is 0. The number of rotatable bonds is 2. The number of aromatic hydroxyl groups is 1. The van der Waals surface area contributed by atoms with E-state index in [1.807, 2.05) is 37.4 Å². The van der Waals surface area contributed by atoms with E-state index in [1.54, 1.807) is 6.07 Å². The predicted molar refractivity (Wildman–Crippen MR) is 78.5 cm³/mol. The summed E-state index contributed by atoms with van der Waals surface area (Å²) in [7, 11) is -0.523. The molecule has 0 fully saturated rings. The van der Waals surface area contributed by atoms with Gasteiger partial charge in [0.15, 0.2) is 4.90 Å². The first-order valence-electron chi connectivity index (χ1n) is 6.09. The molecule has 1 unspecified atom stereocenters. The normalized spacial score (nSPS) is 12.7. The molecule has 3 aromatic rings. The molecule has 0 aliphatic rings. The summed E-state index contributed by atoms with van der Waals surface area (Å²) in [4.78, 5) is 16.3. The zero-order valence-electron chi connectivity index (χ0n) is 11.1. The molecule has 0 aliphatic heterocycles. The number of aromatic amines is 1. The number of H-pyrrole nitrogens is 1. The summed E-state index contributed by atoms with van der Waals surface area (Å²) < 4.78 is 1.34. The van der Waals surface area contributed by atoms with Crippen LogP contribution in [0.15, 0.2) is 51.1 Å². The van der Waals surface area contributed by atoms with Crippen molar-refractivity contribution in [2.75, 3.05) is 6.26 Å². The van der Waals surface area contributed by atoms with Gasteiger partial charge in [-0.2, -0.15) is 9.61 Å². The number of benzene rings is 1. The lowest BCUT2D eigenvalue weighted by Gasteiger charge is -2.05. The lowest BCUT2D eigenvalue weighted by atomic mass is 10.2. The van der Waals surface area contributed by atoms with Crippen LogP contribution in [0.5, 0.6) is 5.88 Å². The molecular formula is C14H14N3O2S+. The molecule has 2 heterocycles. The third kappa shape index (κ3) is 1.98. The second kappa shape index (κ2) is 4.72. The quantitative estimate of drug-likeness (QED) is 0.705. The summed E-state index contributed by atoms with van der Waals surface area (Å²) in [5, 5.41) is 14.3. The van der Waals surface area contributed by atoms with E-state index in [0.29, 0.717) is 10.5 Å². The molecule has 20 heavy (non-hydrogen) atoms. The minimum Gasteiger partial charge on any atom is -0.489 e. The Morgan fingerprint density at radius 2 is 1.95 bits per heavy atom. The van der Waals surface area contributed by atoms with Crippen molar-refractivity contribution in [1.29, 1.82) is 0 Å². The van der Waals surface area contributed by atoms with Crippen molar-refractivity contribution < 1.29 is 5.11 Å². The highest BCUT2D eigenvalue weighted by Gasteiger charge is 2.29. The van der Waals surface area contributed by atoms with E-state index in [-0.39, 0.29) is 11.4 Å². The van der Waals surface area contributed by atoms with Crippen molar-refractivity contribution in [3.05, 3.63) is 52.4 Å². The summed E-state index contributed by atoms with van der Waals surface area (Å²) in [5.41, 5.74) is 1.37. The standard InChI is InChI=1S/C14H13N3O2S/c1-9-3-5-10(6-4-9)20(2)12-13(18)16-11-7-8-15-17(11)14(12)19/h3-8H,1-2H3,(H-,15,16,18,19)/p+1. The number of nitrogens with zero attached hydrogens (tertiary/aromatic N) is 2. The van der Waals surface area contributed by atoms with Crippen LogP contribution in [-0.4, -0.2) is 26.0 Å². The fourth-order valence-corrected chi connectivity index (χ4v) is 3.54. The van der Waals surface area contributed by atoms with E-state index in [2.05, 4.69) is 10.1 Å². The van der Waals surface area contributed by atoms with Crippen molar-refractivity contribution in [2.45, 2.75) is 16.7 Å². The topological polar surface area (TPSA) is 70.4 Å². The maximum Gasteiger partial charge on any atom is 0.311 e. The summed E-state index contributed by atoms with van der Waals surface area (Å²) in [6, 6.07) is 9.59. The second-order valence-corrected chi connectivity index (χ2v) is 6.46. The molecule has 0 aliphatic carbocycles. The zero-order valence-corrected chi connectivity index (χ0v) is 11.9. The van der Waals surface area contributed by atoms with Gasteiger partial charge in [0.1, 0.15) is 11.9 Å². The van der Waals surface area contributed by atoms with Gasteiger partial charge in [0.25, 0.3) is 10.8 Å². The molecule has 0 saturated carbocycles. The Balaban J connectivity index is 2.18. The number of fused-ring (bicyclic) bond motifs is 1. The molecule has 2 aromatic heterocycles. The number of aromatic nitrogens is 3. The Kier molecular flexibility index (Phi) is 3.02. The van der Waals surface area contributed by atoms with E-state index in [0.717, 1.165) is 10.5 Å². The molecule has 5 nitrogen and oxygen atoms in total. The Bertz CT molecular complexity index is 821. The van der Waals surface area contributed by atoms with Crippen LogP contribution in [0.4, 0.5) is 0 Å². The predicted octanol–water partition coefficient (Wildman–Crippen LogP) is 1.70. The number of aryl methyl sites for hydroxylation is 1. The monoisotopic (exact) mass is 288 g/mol. The first kappa shape index (κ1) is 12.8. The maximum atomic E-state index is 12.2. The van der Waals surface area contributed by atoms with Gasteiger partial charge in [-0.1, -0.05) is 17.7 Å². The van der Waals surface area contributed by atoms with E-state index in [1.165, 1.54) is 10.7 Å². The van der Waals surface area contributed by atoms with Crippen molar-refractivity contribution >= 4 is 16.5 Å². The van der Waals surface area contributed by atoms with Crippen LogP contribution in [0.3, 0.4) is 0 Å². The average molecular weight is 288 g/mol. The first-order valence-corrected chi connectivity index (χ1v) is 7.73. The fourth-order valence-electron chi connectivity index (χ4n) is 2.07. The molecule has 0 saturated heterocycles. The number of hydrogen-bond donors (Lipinski definition) is 2. The molecule has 1 aromatic carbocycles. The van der Waals surface area contributed by atoms with Crippen LogP contribution < -0.4 is 5.56 Å². The van der Waals surface area contributed by atoms with E-state index >= 15 is 0 Å². The lowest BCUT2D eigenvalue weighted by molar-refractivity contribution is 0.418. The molecule has 0 bridgehead atoms. The van der Waals surface area contributed by atoms with Crippen molar-refractivity contribution in [3.63, 3.8) is 0 Å². The van der Waals surface area contributed by atoms with Crippen LogP contribution in [0.25, 0.3) is 5.65 Å². The van der Waals surface area contributed by atoms with Gasteiger partial charge in [-0.05, 0) is 19.1 Å². The molecule has 0 amide bonds. The van der Waals surface area contributed by atoms with Crippen LogP contribution in [0.2, 0.25) is 0 Å². The van der Waals surface area contributed by atoms with Crippen molar-refractivity contribution in [2.24, 2.45) is 0 Å². The molecule has 2 N–H and O–H groups in total. The summed E-state index contributed by atoms with van der Waals surface area (Å²) in [6.45, 7) is 2.01. The van der Waals surface area contributed by atoms with Crippen molar-refractivity contribution in [3.8, 4) is 5.88 Å². The van der Waals surface area contributed by atoms with E-state index in [4.69, 9.17) is 0 Å². The number of nitrogens with one attached hydrogen (secondary N) is 1. The van der Waals surface area contributed by atoms with Gasteiger partial charge in [0.05, 0.1) is 17.1 Å². The minimum atomic E-state index is -0.523.